The van der Waals surface area contributed by atoms with E-state index in [1.54, 1.807) is 0 Å². The molecule has 41 heavy (non-hydrogen) atoms. The summed E-state index contributed by atoms with van der Waals surface area (Å²) >= 11 is 0. The van der Waals surface area contributed by atoms with Gasteiger partial charge in [0.25, 0.3) is 0 Å². The van der Waals surface area contributed by atoms with Crippen LogP contribution in [-0.4, -0.2) is 56.4 Å². The normalized spacial score (nSPS) is 23.8. The number of amides is 1. The largest absolute Gasteiger partial charge is 0.487 e. The third-order valence-electron chi connectivity index (χ3n) is 7.93. The summed E-state index contributed by atoms with van der Waals surface area (Å²) in [5.41, 5.74) is 10.0. The fourth-order valence-electron chi connectivity index (χ4n) is 6.11. The first-order valence-corrected chi connectivity index (χ1v) is 14.2. The van der Waals surface area contributed by atoms with Crippen molar-refractivity contribution in [2.75, 3.05) is 36.0 Å². The first kappa shape index (κ1) is 32.4. The Morgan fingerprint density at radius 3 is 1.90 bits per heavy atom. The van der Waals surface area contributed by atoms with Crippen molar-refractivity contribution in [3.8, 4) is 11.5 Å². The van der Waals surface area contributed by atoms with Crippen LogP contribution in [0.3, 0.4) is 0 Å². The van der Waals surface area contributed by atoms with E-state index in [1.807, 2.05) is 32.9 Å². The van der Waals surface area contributed by atoms with Crippen LogP contribution in [0.25, 0.3) is 0 Å². The number of halogens is 2. The number of anilines is 2. The molecule has 2 aromatic carbocycles. The highest BCUT2D eigenvalue weighted by molar-refractivity contribution is 5.76. The molecule has 0 bridgehead atoms. The van der Waals surface area contributed by atoms with E-state index in [0.717, 1.165) is 80.8 Å². The number of ether oxygens (including phenoxy) is 2. The van der Waals surface area contributed by atoms with Gasteiger partial charge in [-0.3, -0.25) is 4.79 Å². The molecule has 7 nitrogen and oxygen atoms in total. The Bertz CT molecular complexity index is 1210. The van der Waals surface area contributed by atoms with Gasteiger partial charge in [-0.2, -0.15) is 0 Å². The highest BCUT2D eigenvalue weighted by Crippen LogP contribution is 2.40. The van der Waals surface area contributed by atoms with E-state index in [2.05, 4.69) is 15.1 Å². The molecule has 4 heterocycles. The highest BCUT2D eigenvalue weighted by atomic mass is 19.1. The fraction of sp³-hybridized carbons (Fsp3) is 0.594. The van der Waals surface area contributed by atoms with Gasteiger partial charge < -0.3 is 30.3 Å². The van der Waals surface area contributed by atoms with E-state index in [-0.39, 0.29) is 56.7 Å². The average molecular weight is 575 g/mol. The molecule has 2 fully saturated rings. The Balaban J connectivity index is 0.000000221. The predicted molar refractivity (Wildman–Crippen MR) is 162 cm³/mol. The van der Waals surface area contributed by atoms with Gasteiger partial charge in [-0.1, -0.05) is 21.8 Å². The van der Waals surface area contributed by atoms with Crippen molar-refractivity contribution < 1.29 is 23.0 Å². The minimum Gasteiger partial charge on any atom is -0.487 e. The van der Waals surface area contributed by atoms with Crippen molar-refractivity contribution in [2.45, 2.75) is 98.4 Å². The lowest BCUT2D eigenvalue weighted by Gasteiger charge is -2.21. The summed E-state index contributed by atoms with van der Waals surface area (Å²) in [4.78, 5) is 16.2. The van der Waals surface area contributed by atoms with Gasteiger partial charge in [0.05, 0.1) is 0 Å². The number of benzene rings is 2. The first-order valence-electron chi connectivity index (χ1n) is 14.2. The number of fused-ring (bicyclic) bond motifs is 2. The summed E-state index contributed by atoms with van der Waals surface area (Å²) in [6.45, 7) is 9.40. The van der Waals surface area contributed by atoms with Crippen molar-refractivity contribution >= 4 is 17.3 Å². The van der Waals surface area contributed by atoms with Crippen LogP contribution >= 0.6 is 0 Å². The summed E-state index contributed by atoms with van der Waals surface area (Å²) in [7, 11) is 0. The molecule has 4 aliphatic rings. The molecule has 9 heteroatoms. The predicted octanol–water partition coefficient (Wildman–Crippen LogP) is 5.60. The second-order valence-corrected chi connectivity index (χ2v) is 11.3. The molecular formula is C32H48F2N4O3. The van der Waals surface area contributed by atoms with Crippen molar-refractivity contribution in [1.29, 1.82) is 0 Å². The molecule has 228 valence electrons. The number of hydrogen-bond acceptors (Lipinski definition) is 6. The molecule has 0 aromatic heterocycles. The van der Waals surface area contributed by atoms with Gasteiger partial charge in [0.15, 0.2) is 23.1 Å². The standard InChI is InChI=1S/C17H23FN2O2.C13H17FN2O.2CH4/c1-3-4-16(21)19-12-7-8-20(10-12)15-6-5-14(18)17-13(15)9-11(2)22-17;1-8-6-10-12(16-5-4-9(15)7-16)3-2-11(14)13(10)17-8;;/h5-6,11-12H,3-4,7-10H2,1-2H3,(H,19,21);2-3,8-9H,4-7,15H2,1H3;2*1H4/t11?,12-;8?,9-;;/m00../s1. The van der Waals surface area contributed by atoms with Crippen LogP contribution < -0.4 is 30.3 Å². The molecule has 1 amide bonds. The summed E-state index contributed by atoms with van der Waals surface area (Å²) in [5, 5.41) is 3.08. The number of carbonyl (C=O) groups is 1. The maximum absolute atomic E-state index is 13.9. The monoisotopic (exact) mass is 574 g/mol. The van der Waals surface area contributed by atoms with Gasteiger partial charge in [-0.25, -0.2) is 8.78 Å². The van der Waals surface area contributed by atoms with Gasteiger partial charge in [0.2, 0.25) is 5.91 Å². The number of carbonyl (C=O) groups excluding carboxylic acids is 1. The van der Waals surface area contributed by atoms with E-state index in [0.29, 0.717) is 17.9 Å². The molecule has 2 saturated heterocycles. The lowest BCUT2D eigenvalue weighted by atomic mass is 10.1. The zero-order chi connectivity index (χ0) is 27.7. The third-order valence-corrected chi connectivity index (χ3v) is 7.93. The molecule has 4 aliphatic heterocycles. The second-order valence-electron chi connectivity index (χ2n) is 11.3. The Labute approximate surface area is 244 Å². The zero-order valence-electron chi connectivity index (χ0n) is 23.1. The summed E-state index contributed by atoms with van der Waals surface area (Å²) < 4.78 is 38.6. The van der Waals surface area contributed by atoms with Crippen molar-refractivity contribution in [3.05, 3.63) is 47.0 Å². The second kappa shape index (κ2) is 13.7. The molecule has 2 unspecified atom stereocenters. The van der Waals surface area contributed by atoms with E-state index in [4.69, 9.17) is 15.2 Å². The van der Waals surface area contributed by atoms with Crippen LogP contribution in [-0.2, 0) is 17.6 Å². The quantitative estimate of drug-likeness (QED) is 0.484. The van der Waals surface area contributed by atoms with Crippen LogP contribution in [0.2, 0.25) is 0 Å². The molecule has 4 atom stereocenters. The maximum Gasteiger partial charge on any atom is 0.220 e. The molecule has 0 aliphatic carbocycles. The van der Waals surface area contributed by atoms with Crippen molar-refractivity contribution in [2.24, 2.45) is 5.73 Å². The van der Waals surface area contributed by atoms with Gasteiger partial charge in [-0.15, -0.1) is 0 Å². The minimum atomic E-state index is -0.282. The van der Waals surface area contributed by atoms with E-state index in [1.165, 1.54) is 12.1 Å². The van der Waals surface area contributed by atoms with E-state index < -0.39 is 0 Å². The van der Waals surface area contributed by atoms with Crippen LogP contribution in [0.5, 0.6) is 11.5 Å². The topological polar surface area (TPSA) is 80.1 Å². The number of rotatable bonds is 5. The Morgan fingerprint density at radius 2 is 1.41 bits per heavy atom. The number of nitrogens with one attached hydrogen (secondary N) is 1. The Morgan fingerprint density at radius 1 is 0.902 bits per heavy atom. The number of hydrogen-bond donors (Lipinski definition) is 2. The van der Waals surface area contributed by atoms with Gasteiger partial charge in [0, 0.05) is 80.0 Å². The van der Waals surface area contributed by atoms with Crippen molar-refractivity contribution in [3.63, 3.8) is 0 Å². The van der Waals surface area contributed by atoms with Crippen molar-refractivity contribution in [1.82, 2.24) is 5.32 Å². The summed E-state index contributed by atoms with van der Waals surface area (Å²) in [6.07, 6.45) is 4.99. The molecule has 0 spiro atoms. The van der Waals surface area contributed by atoms with Gasteiger partial charge in [0.1, 0.15) is 12.2 Å². The smallest absolute Gasteiger partial charge is 0.220 e. The Kier molecular flexibility index (Phi) is 10.9. The Hall–Kier alpha value is -3.07. The maximum atomic E-state index is 13.9. The summed E-state index contributed by atoms with van der Waals surface area (Å²) in [6, 6.07) is 7.08. The molecule has 3 N–H and O–H groups in total. The van der Waals surface area contributed by atoms with Crippen LogP contribution in [0, 0.1) is 11.6 Å². The lowest BCUT2D eigenvalue weighted by Crippen LogP contribution is -2.37. The zero-order valence-corrected chi connectivity index (χ0v) is 23.1. The minimum absolute atomic E-state index is 0. The van der Waals surface area contributed by atoms with Gasteiger partial charge >= 0.3 is 0 Å². The number of nitrogens with two attached hydrogens (primary N) is 1. The average Bonchev–Trinajstić information content (AvgIpc) is 3.68. The fourth-order valence-corrected chi connectivity index (χ4v) is 6.11. The van der Waals surface area contributed by atoms with E-state index in [9.17, 15) is 13.6 Å². The van der Waals surface area contributed by atoms with Crippen LogP contribution in [0.4, 0.5) is 20.2 Å². The lowest BCUT2D eigenvalue weighted by molar-refractivity contribution is -0.121. The molecular weight excluding hydrogens is 526 g/mol. The molecule has 6 rings (SSSR count). The number of nitrogens with zero attached hydrogens (tertiary/aromatic N) is 2. The third kappa shape index (κ3) is 7.05. The first-order chi connectivity index (χ1) is 18.7. The summed E-state index contributed by atoms with van der Waals surface area (Å²) in [5.74, 6) is 0.432. The van der Waals surface area contributed by atoms with Crippen LogP contribution in [0.15, 0.2) is 24.3 Å². The molecule has 2 aromatic rings. The molecule has 0 saturated carbocycles. The van der Waals surface area contributed by atoms with E-state index >= 15 is 0 Å². The van der Waals surface area contributed by atoms with Gasteiger partial charge in [-0.05, 0) is 57.4 Å². The SMILES string of the molecule is C.C.CC1Cc2c(N3CC[C@H](N)C3)ccc(F)c2O1.CCCC(=O)N[C@H]1CCN(c2ccc(F)c3c2CC(C)O3)C1. The van der Waals surface area contributed by atoms with Crippen LogP contribution in [0.1, 0.15) is 72.4 Å². The molecule has 0 radical (unpaired) electrons. The highest BCUT2D eigenvalue weighted by Gasteiger charge is 2.32.